The molecule has 0 aliphatic heterocycles. The molecule has 1 saturated carbocycles. The first-order valence-corrected chi connectivity index (χ1v) is 7.30. The highest BCUT2D eigenvalue weighted by atomic mass is 35.5. The Bertz CT molecular complexity index is 623. The van der Waals surface area contributed by atoms with Gasteiger partial charge in [-0.25, -0.2) is 0 Å². The quantitative estimate of drug-likeness (QED) is 0.771. The van der Waals surface area contributed by atoms with Crippen molar-refractivity contribution < 1.29 is 4.79 Å². The fourth-order valence-electron chi connectivity index (χ4n) is 3.19. The van der Waals surface area contributed by atoms with Crippen LogP contribution < -0.4 is 0 Å². The van der Waals surface area contributed by atoms with Gasteiger partial charge >= 0.3 is 0 Å². The normalized spacial score (nSPS) is 18.6. The summed E-state index contributed by atoms with van der Waals surface area (Å²) >= 11 is 6.15. The molecule has 3 rings (SSSR count). The Morgan fingerprint density at radius 3 is 2.74 bits per heavy atom. The second kappa shape index (κ2) is 4.68. The van der Waals surface area contributed by atoms with Crippen LogP contribution in [0.1, 0.15) is 49.4 Å². The van der Waals surface area contributed by atoms with E-state index in [1.54, 1.807) is 0 Å². The van der Waals surface area contributed by atoms with Crippen LogP contribution in [0.5, 0.6) is 0 Å². The maximum absolute atomic E-state index is 12.8. The van der Waals surface area contributed by atoms with Gasteiger partial charge in [-0.2, -0.15) is 0 Å². The van der Waals surface area contributed by atoms with Crippen LogP contribution >= 0.6 is 11.6 Å². The maximum atomic E-state index is 12.8. The van der Waals surface area contributed by atoms with Gasteiger partial charge in [-0.15, -0.1) is 0 Å². The number of fused-ring (bicyclic) bond motifs is 1. The number of halogens is 1. The van der Waals surface area contributed by atoms with Gasteiger partial charge in [0.15, 0.2) is 5.78 Å². The number of carbonyl (C=O) groups excluding carboxylic acids is 1. The predicted molar refractivity (Wildman–Crippen MR) is 78.8 cm³/mol. The smallest absolute Gasteiger partial charge is 0.170 e. The highest BCUT2D eigenvalue weighted by Gasteiger charge is 2.36. The van der Waals surface area contributed by atoms with E-state index in [1.165, 1.54) is 6.42 Å². The molecular weight excluding hydrogens is 258 g/mol. The Labute approximate surface area is 118 Å². The number of carbonyl (C=O) groups is 1. The summed E-state index contributed by atoms with van der Waals surface area (Å²) in [4.78, 5) is 16.0. The summed E-state index contributed by atoms with van der Waals surface area (Å²) in [5.74, 6) is 0.265. The van der Waals surface area contributed by atoms with Gasteiger partial charge < -0.3 is 4.98 Å². The molecule has 19 heavy (non-hydrogen) atoms. The van der Waals surface area contributed by atoms with Crippen LogP contribution in [0.15, 0.2) is 24.4 Å². The van der Waals surface area contributed by atoms with E-state index in [1.807, 2.05) is 24.4 Å². The first kappa shape index (κ1) is 12.7. The lowest BCUT2D eigenvalue weighted by atomic mass is 9.71. The molecule has 0 saturated heterocycles. The standard InChI is InChI=1S/C16H18ClNO/c1-16(8-3-2-4-9-16)15(19)12-10-18-14-11(12)6-5-7-13(14)17/h5-7,10,18H,2-4,8-9H2,1H3. The Morgan fingerprint density at radius 2 is 2.00 bits per heavy atom. The molecular formula is C16H18ClNO. The molecule has 1 heterocycles. The number of aromatic nitrogens is 1. The van der Waals surface area contributed by atoms with Crippen LogP contribution in [0.25, 0.3) is 10.9 Å². The highest BCUT2D eigenvalue weighted by molar-refractivity contribution is 6.35. The van der Waals surface area contributed by atoms with Crippen LogP contribution in [-0.2, 0) is 0 Å². The lowest BCUT2D eigenvalue weighted by Gasteiger charge is -2.31. The minimum absolute atomic E-state index is 0.199. The zero-order valence-electron chi connectivity index (χ0n) is 11.1. The minimum atomic E-state index is -0.199. The Hall–Kier alpha value is -1.28. The molecule has 1 aromatic heterocycles. The second-order valence-corrected chi connectivity index (χ2v) is 6.22. The van der Waals surface area contributed by atoms with Crippen molar-refractivity contribution >= 4 is 28.3 Å². The third kappa shape index (κ3) is 2.08. The van der Waals surface area contributed by atoms with Crippen molar-refractivity contribution in [3.8, 4) is 0 Å². The van der Waals surface area contributed by atoms with E-state index in [-0.39, 0.29) is 11.2 Å². The second-order valence-electron chi connectivity index (χ2n) is 5.82. The van der Waals surface area contributed by atoms with Gasteiger partial charge in [0.2, 0.25) is 0 Å². The molecule has 1 fully saturated rings. The van der Waals surface area contributed by atoms with Crippen molar-refractivity contribution in [2.75, 3.05) is 0 Å². The van der Waals surface area contributed by atoms with Gasteiger partial charge in [-0.1, -0.05) is 49.9 Å². The third-order valence-electron chi connectivity index (χ3n) is 4.41. The van der Waals surface area contributed by atoms with E-state index in [2.05, 4.69) is 11.9 Å². The first-order valence-electron chi connectivity index (χ1n) is 6.92. The van der Waals surface area contributed by atoms with Gasteiger partial charge in [0.1, 0.15) is 0 Å². The van der Waals surface area contributed by atoms with Gasteiger partial charge in [0, 0.05) is 22.6 Å². The number of para-hydroxylation sites is 1. The van der Waals surface area contributed by atoms with Crippen molar-refractivity contribution in [2.24, 2.45) is 5.41 Å². The number of hydrogen-bond acceptors (Lipinski definition) is 1. The van der Waals surface area contributed by atoms with E-state index in [9.17, 15) is 4.79 Å². The summed E-state index contributed by atoms with van der Waals surface area (Å²) in [5, 5.41) is 1.62. The lowest BCUT2D eigenvalue weighted by molar-refractivity contribution is 0.0751. The number of H-pyrrole nitrogens is 1. The number of ketones is 1. The van der Waals surface area contributed by atoms with Crippen LogP contribution in [0.3, 0.4) is 0 Å². The molecule has 0 radical (unpaired) electrons. The molecule has 0 unspecified atom stereocenters. The lowest BCUT2D eigenvalue weighted by Crippen LogP contribution is -2.30. The summed E-state index contributed by atoms with van der Waals surface area (Å²) in [5.41, 5.74) is 1.46. The molecule has 1 aliphatic carbocycles. The van der Waals surface area contributed by atoms with Crippen LogP contribution in [0.2, 0.25) is 5.02 Å². The van der Waals surface area contributed by atoms with E-state index in [0.717, 1.165) is 42.1 Å². The van der Waals surface area contributed by atoms with E-state index in [0.29, 0.717) is 5.02 Å². The maximum Gasteiger partial charge on any atom is 0.170 e. The van der Waals surface area contributed by atoms with Crippen LogP contribution in [-0.4, -0.2) is 10.8 Å². The Kier molecular flexibility index (Phi) is 3.14. The number of benzene rings is 1. The van der Waals surface area contributed by atoms with Gasteiger partial charge in [0.05, 0.1) is 10.5 Å². The third-order valence-corrected chi connectivity index (χ3v) is 4.73. The van der Waals surface area contributed by atoms with Gasteiger partial charge in [-0.3, -0.25) is 4.79 Å². The van der Waals surface area contributed by atoms with Gasteiger partial charge in [-0.05, 0) is 18.9 Å². The summed E-state index contributed by atoms with van der Waals surface area (Å²) in [7, 11) is 0. The van der Waals surface area contributed by atoms with E-state index >= 15 is 0 Å². The van der Waals surface area contributed by atoms with Crippen molar-refractivity contribution in [3.05, 3.63) is 35.0 Å². The Morgan fingerprint density at radius 1 is 1.26 bits per heavy atom. The Balaban J connectivity index is 2.04. The van der Waals surface area contributed by atoms with E-state index < -0.39 is 0 Å². The summed E-state index contributed by atoms with van der Waals surface area (Å²) in [6.45, 7) is 2.11. The fourth-order valence-corrected chi connectivity index (χ4v) is 3.42. The molecule has 1 aliphatic rings. The van der Waals surface area contributed by atoms with Crippen molar-refractivity contribution in [2.45, 2.75) is 39.0 Å². The fraction of sp³-hybridized carbons (Fsp3) is 0.438. The molecule has 0 bridgehead atoms. The summed E-state index contributed by atoms with van der Waals surface area (Å²) in [6, 6.07) is 5.71. The SMILES string of the molecule is CC1(C(=O)c2c[nH]c3c(Cl)cccc23)CCCCC1. The zero-order valence-corrected chi connectivity index (χ0v) is 11.9. The molecule has 3 heteroatoms. The first-order chi connectivity index (χ1) is 9.12. The minimum Gasteiger partial charge on any atom is -0.359 e. The number of aromatic amines is 1. The topological polar surface area (TPSA) is 32.9 Å². The number of rotatable bonds is 2. The molecule has 2 aromatic rings. The van der Waals surface area contributed by atoms with Gasteiger partial charge in [0.25, 0.3) is 0 Å². The van der Waals surface area contributed by atoms with Crippen LogP contribution in [0, 0.1) is 5.41 Å². The molecule has 0 atom stereocenters. The van der Waals surface area contributed by atoms with Crippen LogP contribution in [0.4, 0.5) is 0 Å². The van der Waals surface area contributed by atoms with Crippen molar-refractivity contribution in [3.63, 3.8) is 0 Å². The van der Waals surface area contributed by atoms with Crippen molar-refractivity contribution in [1.82, 2.24) is 4.98 Å². The average Bonchev–Trinajstić information content (AvgIpc) is 2.84. The number of nitrogens with one attached hydrogen (secondary N) is 1. The number of Topliss-reactive ketones (excluding diaryl/α,β-unsaturated/α-hetero) is 1. The summed E-state index contributed by atoms with van der Waals surface area (Å²) < 4.78 is 0. The largest absolute Gasteiger partial charge is 0.359 e. The molecule has 0 amide bonds. The summed E-state index contributed by atoms with van der Waals surface area (Å²) in [6.07, 6.45) is 7.39. The predicted octanol–water partition coefficient (Wildman–Crippen LogP) is 4.97. The van der Waals surface area contributed by atoms with Crippen molar-refractivity contribution in [1.29, 1.82) is 0 Å². The molecule has 100 valence electrons. The molecule has 0 spiro atoms. The molecule has 2 nitrogen and oxygen atoms in total. The average molecular weight is 276 g/mol. The van der Waals surface area contributed by atoms with E-state index in [4.69, 9.17) is 11.6 Å². The number of hydrogen-bond donors (Lipinski definition) is 1. The monoisotopic (exact) mass is 275 g/mol. The zero-order chi connectivity index (χ0) is 13.5. The molecule has 1 aromatic carbocycles. The molecule has 1 N–H and O–H groups in total. The highest BCUT2D eigenvalue weighted by Crippen LogP contribution is 2.40.